The van der Waals surface area contributed by atoms with E-state index in [4.69, 9.17) is 0 Å². The average molecular weight is 306 g/mol. The third kappa shape index (κ3) is 2.49. The van der Waals surface area contributed by atoms with E-state index in [0.29, 0.717) is 12.5 Å². The number of carbonyl (C=O) groups excluding carboxylic acids is 1. The van der Waals surface area contributed by atoms with Crippen LogP contribution in [0.3, 0.4) is 0 Å². The van der Waals surface area contributed by atoms with Crippen LogP contribution in [-0.2, 0) is 4.79 Å². The van der Waals surface area contributed by atoms with Crippen molar-refractivity contribution in [3.8, 4) is 0 Å². The standard InChI is InChI=1S/C18H27FN2O/c19-15-7-3-1-5-12(15)11-13-9-10-21-16-8-4-2-6-14(16)18(22)20-17(13)21/h11-12,14-17H,1-10H2,(H,20,22)/b13-11+. The van der Waals surface area contributed by atoms with Crippen LogP contribution in [0.2, 0.25) is 0 Å². The zero-order valence-corrected chi connectivity index (χ0v) is 13.3. The van der Waals surface area contributed by atoms with Gasteiger partial charge >= 0.3 is 0 Å². The van der Waals surface area contributed by atoms with E-state index in [1.54, 1.807) is 0 Å². The Hall–Kier alpha value is -0.900. The fourth-order valence-corrected chi connectivity index (χ4v) is 5.08. The largest absolute Gasteiger partial charge is 0.336 e. The molecular weight excluding hydrogens is 279 g/mol. The van der Waals surface area contributed by atoms with Gasteiger partial charge in [-0.25, -0.2) is 4.39 Å². The van der Waals surface area contributed by atoms with Crippen LogP contribution in [0.1, 0.15) is 57.8 Å². The molecule has 0 radical (unpaired) electrons. The zero-order chi connectivity index (χ0) is 15.1. The summed E-state index contributed by atoms with van der Waals surface area (Å²) in [7, 11) is 0. The third-order valence-corrected chi connectivity index (χ3v) is 6.27. The summed E-state index contributed by atoms with van der Waals surface area (Å²) in [5, 5.41) is 3.23. The molecule has 122 valence electrons. The number of allylic oxidation sites excluding steroid dienone is 1. The lowest BCUT2D eigenvalue weighted by Crippen LogP contribution is -2.61. The molecule has 0 aromatic rings. The molecule has 5 unspecified atom stereocenters. The molecule has 2 heterocycles. The number of carbonyl (C=O) groups is 1. The van der Waals surface area contributed by atoms with Gasteiger partial charge in [0.2, 0.25) is 5.91 Å². The van der Waals surface area contributed by atoms with Crippen LogP contribution in [0.25, 0.3) is 0 Å². The smallest absolute Gasteiger partial charge is 0.226 e. The lowest BCUT2D eigenvalue weighted by molar-refractivity contribution is -0.135. The molecule has 4 rings (SSSR count). The van der Waals surface area contributed by atoms with Crippen molar-refractivity contribution in [3.63, 3.8) is 0 Å². The van der Waals surface area contributed by atoms with Gasteiger partial charge in [-0.3, -0.25) is 9.69 Å². The number of fused-ring (bicyclic) bond motifs is 3. The number of hydrogen-bond donors (Lipinski definition) is 1. The van der Waals surface area contributed by atoms with E-state index in [9.17, 15) is 9.18 Å². The Morgan fingerprint density at radius 3 is 2.73 bits per heavy atom. The molecule has 0 aromatic heterocycles. The topological polar surface area (TPSA) is 32.3 Å². The van der Waals surface area contributed by atoms with Crippen molar-refractivity contribution in [3.05, 3.63) is 11.6 Å². The number of nitrogens with one attached hydrogen (secondary N) is 1. The first-order valence-corrected chi connectivity index (χ1v) is 9.15. The first kappa shape index (κ1) is 14.7. The number of alkyl halides is 1. The molecule has 4 aliphatic rings. The lowest BCUT2D eigenvalue weighted by atomic mass is 9.81. The van der Waals surface area contributed by atoms with Crippen LogP contribution in [0, 0.1) is 11.8 Å². The average Bonchev–Trinajstić information content (AvgIpc) is 2.93. The highest BCUT2D eigenvalue weighted by atomic mass is 19.1. The number of rotatable bonds is 1. The minimum Gasteiger partial charge on any atom is -0.336 e. The Balaban J connectivity index is 1.53. The summed E-state index contributed by atoms with van der Waals surface area (Å²) in [6.07, 6.45) is 11.0. The Labute approximate surface area is 132 Å². The molecule has 0 aromatic carbocycles. The Bertz CT molecular complexity index is 478. The van der Waals surface area contributed by atoms with Crippen LogP contribution in [0.4, 0.5) is 4.39 Å². The molecule has 0 spiro atoms. The van der Waals surface area contributed by atoms with Crippen molar-refractivity contribution in [2.75, 3.05) is 6.54 Å². The SMILES string of the molecule is O=C1NC2/C(=C/C3CCCCC3F)CCN2C2CCCCC12. The molecule has 5 atom stereocenters. The summed E-state index contributed by atoms with van der Waals surface area (Å²) < 4.78 is 14.1. The second kappa shape index (κ2) is 5.95. The summed E-state index contributed by atoms with van der Waals surface area (Å²) in [4.78, 5) is 14.9. The molecule has 2 aliphatic carbocycles. The molecule has 0 bridgehead atoms. The van der Waals surface area contributed by atoms with Gasteiger partial charge in [-0.2, -0.15) is 0 Å². The van der Waals surface area contributed by atoms with Crippen LogP contribution >= 0.6 is 0 Å². The van der Waals surface area contributed by atoms with E-state index < -0.39 is 6.17 Å². The monoisotopic (exact) mass is 306 g/mol. The van der Waals surface area contributed by atoms with Crippen molar-refractivity contribution >= 4 is 5.91 Å². The van der Waals surface area contributed by atoms with Gasteiger partial charge in [0.05, 0.1) is 5.92 Å². The number of halogens is 1. The number of nitrogens with zero attached hydrogens (tertiary/aromatic N) is 1. The second-order valence-electron chi connectivity index (χ2n) is 7.56. The first-order chi connectivity index (χ1) is 10.7. The van der Waals surface area contributed by atoms with E-state index >= 15 is 0 Å². The number of hydrogen-bond acceptors (Lipinski definition) is 2. The van der Waals surface area contributed by atoms with Gasteiger partial charge in [-0.15, -0.1) is 0 Å². The number of amides is 1. The molecule has 3 nitrogen and oxygen atoms in total. The molecule has 2 saturated heterocycles. The van der Waals surface area contributed by atoms with Gasteiger partial charge in [0.1, 0.15) is 12.3 Å². The zero-order valence-electron chi connectivity index (χ0n) is 13.3. The van der Waals surface area contributed by atoms with Gasteiger partial charge in [0, 0.05) is 18.5 Å². The quantitative estimate of drug-likeness (QED) is 0.755. The predicted molar refractivity (Wildman–Crippen MR) is 83.9 cm³/mol. The second-order valence-corrected chi connectivity index (χ2v) is 7.56. The van der Waals surface area contributed by atoms with Crippen molar-refractivity contribution in [1.29, 1.82) is 0 Å². The summed E-state index contributed by atoms with van der Waals surface area (Å²) in [6.45, 7) is 1.03. The molecule has 1 amide bonds. The maximum absolute atomic E-state index is 14.1. The van der Waals surface area contributed by atoms with Crippen molar-refractivity contribution in [1.82, 2.24) is 10.2 Å². The Morgan fingerprint density at radius 2 is 1.86 bits per heavy atom. The Morgan fingerprint density at radius 1 is 1.09 bits per heavy atom. The van der Waals surface area contributed by atoms with E-state index in [1.807, 2.05) is 0 Å². The third-order valence-electron chi connectivity index (χ3n) is 6.27. The maximum atomic E-state index is 14.1. The molecule has 1 N–H and O–H groups in total. The first-order valence-electron chi connectivity index (χ1n) is 9.15. The lowest BCUT2D eigenvalue weighted by Gasteiger charge is -2.45. The normalized spacial score (nSPS) is 44.5. The van der Waals surface area contributed by atoms with E-state index in [1.165, 1.54) is 18.4 Å². The summed E-state index contributed by atoms with van der Waals surface area (Å²) >= 11 is 0. The fraction of sp³-hybridized carbons (Fsp3) is 0.833. The highest BCUT2D eigenvalue weighted by Gasteiger charge is 2.46. The van der Waals surface area contributed by atoms with Crippen molar-refractivity contribution in [2.24, 2.45) is 11.8 Å². The summed E-state index contributed by atoms with van der Waals surface area (Å²) in [5.74, 6) is 0.497. The summed E-state index contributed by atoms with van der Waals surface area (Å²) in [5.41, 5.74) is 1.27. The van der Waals surface area contributed by atoms with Crippen molar-refractivity contribution in [2.45, 2.75) is 76.2 Å². The van der Waals surface area contributed by atoms with Crippen LogP contribution in [-0.4, -0.2) is 35.7 Å². The van der Waals surface area contributed by atoms with Gasteiger partial charge in [0.15, 0.2) is 0 Å². The maximum Gasteiger partial charge on any atom is 0.226 e. The molecule has 22 heavy (non-hydrogen) atoms. The minimum absolute atomic E-state index is 0.0565. The molecule has 4 heteroatoms. The van der Waals surface area contributed by atoms with E-state index in [2.05, 4.69) is 16.3 Å². The van der Waals surface area contributed by atoms with Crippen LogP contribution in [0.15, 0.2) is 11.6 Å². The van der Waals surface area contributed by atoms with Gasteiger partial charge in [-0.05, 0) is 37.7 Å². The van der Waals surface area contributed by atoms with Crippen LogP contribution < -0.4 is 5.32 Å². The van der Waals surface area contributed by atoms with Gasteiger partial charge in [0.25, 0.3) is 0 Å². The van der Waals surface area contributed by atoms with E-state index in [0.717, 1.165) is 45.1 Å². The van der Waals surface area contributed by atoms with Crippen molar-refractivity contribution < 1.29 is 9.18 Å². The minimum atomic E-state index is -0.683. The van der Waals surface area contributed by atoms with Crippen LogP contribution in [0.5, 0.6) is 0 Å². The molecule has 2 saturated carbocycles. The highest BCUT2D eigenvalue weighted by Crippen LogP contribution is 2.39. The molecule has 4 fully saturated rings. The Kier molecular flexibility index (Phi) is 3.97. The summed E-state index contributed by atoms with van der Waals surface area (Å²) in [6, 6.07) is 0.422. The highest BCUT2D eigenvalue weighted by molar-refractivity contribution is 5.81. The molecular formula is C18H27FN2O. The van der Waals surface area contributed by atoms with Gasteiger partial charge in [-0.1, -0.05) is 31.8 Å². The van der Waals surface area contributed by atoms with E-state index in [-0.39, 0.29) is 23.9 Å². The fourth-order valence-electron chi connectivity index (χ4n) is 5.08. The molecule has 2 aliphatic heterocycles. The van der Waals surface area contributed by atoms with Gasteiger partial charge < -0.3 is 5.32 Å². The predicted octanol–water partition coefficient (Wildman–Crippen LogP) is 3.16.